The average molecular weight is 460 g/mol. The Hall–Kier alpha value is -3.33. The number of alkyl halides is 3. The highest BCUT2D eigenvalue weighted by atomic mass is 32.1. The van der Waals surface area contributed by atoms with E-state index in [1.165, 1.54) is 23.5 Å². The molecule has 1 N–H and O–H groups in total. The number of carboxylic acid groups (broad SMARTS) is 1. The average Bonchev–Trinajstić information content (AvgIpc) is 3.24. The molecular formula is C23H19F3N2O3S. The summed E-state index contributed by atoms with van der Waals surface area (Å²) in [6.45, 7) is 3.85. The van der Waals surface area contributed by atoms with Crippen LogP contribution in [0.15, 0.2) is 48.5 Å². The Morgan fingerprint density at radius 2 is 1.84 bits per heavy atom. The molecule has 0 spiro atoms. The molecule has 166 valence electrons. The smallest absolute Gasteiger partial charge is 0.416 e. The number of carboxylic acids is 1. The van der Waals surface area contributed by atoms with Crippen LogP contribution in [0.25, 0.3) is 21.5 Å². The Balaban J connectivity index is 1.50. The van der Waals surface area contributed by atoms with E-state index in [1.54, 1.807) is 10.6 Å². The van der Waals surface area contributed by atoms with Gasteiger partial charge in [-0.15, -0.1) is 11.3 Å². The summed E-state index contributed by atoms with van der Waals surface area (Å²) in [6, 6.07) is 12.3. The van der Waals surface area contributed by atoms with Crippen molar-refractivity contribution in [1.82, 2.24) is 9.55 Å². The number of benzene rings is 2. The quantitative estimate of drug-likeness (QED) is 0.380. The highest BCUT2D eigenvalue weighted by Crippen LogP contribution is 2.33. The van der Waals surface area contributed by atoms with Crippen LogP contribution in [0.3, 0.4) is 0 Å². The van der Waals surface area contributed by atoms with Gasteiger partial charge in [0, 0.05) is 22.2 Å². The lowest BCUT2D eigenvalue weighted by atomic mass is 10.1. The maximum atomic E-state index is 12.8. The predicted octanol–water partition coefficient (Wildman–Crippen LogP) is 6.06. The number of fused-ring (bicyclic) bond motifs is 1. The number of hydrogen-bond donors (Lipinski definition) is 1. The van der Waals surface area contributed by atoms with Crippen LogP contribution in [0.1, 0.15) is 21.8 Å². The van der Waals surface area contributed by atoms with Gasteiger partial charge in [-0.25, -0.2) is 4.98 Å². The fraction of sp³-hybridized carbons (Fsp3) is 0.217. The van der Waals surface area contributed by atoms with Gasteiger partial charge in [0.1, 0.15) is 23.9 Å². The second kappa shape index (κ2) is 8.31. The molecule has 2 aromatic heterocycles. The van der Waals surface area contributed by atoms with Crippen molar-refractivity contribution in [3.8, 4) is 16.3 Å². The van der Waals surface area contributed by atoms with Gasteiger partial charge in [0.05, 0.1) is 16.1 Å². The Morgan fingerprint density at radius 3 is 2.50 bits per heavy atom. The fourth-order valence-electron chi connectivity index (χ4n) is 3.46. The van der Waals surface area contributed by atoms with Gasteiger partial charge >= 0.3 is 12.1 Å². The van der Waals surface area contributed by atoms with Gasteiger partial charge in [-0.2, -0.15) is 13.2 Å². The van der Waals surface area contributed by atoms with Gasteiger partial charge in [-0.05, 0) is 50.2 Å². The van der Waals surface area contributed by atoms with Gasteiger partial charge in [-0.3, -0.25) is 4.79 Å². The number of ether oxygens (including phenoxy) is 1. The van der Waals surface area contributed by atoms with Gasteiger partial charge in [0.2, 0.25) is 0 Å². The lowest BCUT2D eigenvalue weighted by molar-refractivity contribution is -0.138. The molecule has 0 aliphatic heterocycles. The molecule has 0 bridgehead atoms. The molecule has 0 fully saturated rings. The molecule has 5 nitrogen and oxygen atoms in total. The van der Waals surface area contributed by atoms with Crippen molar-refractivity contribution in [1.29, 1.82) is 0 Å². The van der Waals surface area contributed by atoms with E-state index in [0.717, 1.165) is 39.3 Å². The summed E-state index contributed by atoms with van der Waals surface area (Å²) >= 11 is 1.38. The van der Waals surface area contributed by atoms with E-state index in [0.29, 0.717) is 16.3 Å². The minimum atomic E-state index is -4.37. The zero-order valence-corrected chi connectivity index (χ0v) is 18.0. The molecule has 2 aromatic carbocycles. The molecule has 32 heavy (non-hydrogen) atoms. The highest BCUT2D eigenvalue weighted by Gasteiger charge is 2.30. The number of thiazole rings is 1. The van der Waals surface area contributed by atoms with E-state index in [-0.39, 0.29) is 13.2 Å². The van der Waals surface area contributed by atoms with Gasteiger partial charge in [-0.1, -0.05) is 12.1 Å². The topological polar surface area (TPSA) is 64.4 Å². The Bertz CT molecular complexity index is 1290. The van der Waals surface area contributed by atoms with Crippen molar-refractivity contribution in [2.24, 2.45) is 0 Å². The summed E-state index contributed by atoms with van der Waals surface area (Å²) in [4.78, 5) is 16.4. The zero-order chi connectivity index (χ0) is 23.0. The first-order chi connectivity index (χ1) is 15.1. The standard InChI is InChI=1S/C23H19F3N2O3S/c1-13-9-16-10-18(7-8-19(16)28(13)11-21(29)30)31-12-20-14(2)27-22(32-20)15-3-5-17(6-4-15)23(24,25)26/h3-10H,11-12H2,1-2H3,(H,29,30). The first-order valence-electron chi connectivity index (χ1n) is 9.70. The van der Waals surface area contributed by atoms with Crippen molar-refractivity contribution in [2.45, 2.75) is 33.2 Å². The van der Waals surface area contributed by atoms with Crippen molar-refractivity contribution in [3.05, 3.63) is 70.4 Å². The van der Waals surface area contributed by atoms with E-state index in [9.17, 15) is 18.0 Å². The summed E-state index contributed by atoms with van der Waals surface area (Å²) in [7, 11) is 0. The summed E-state index contributed by atoms with van der Waals surface area (Å²) in [5.41, 5.74) is 2.35. The maximum Gasteiger partial charge on any atom is 0.416 e. The normalized spacial score (nSPS) is 11.8. The van der Waals surface area contributed by atoms with Crippen LogP contribution in [-0.2, 0) is 24.1 Å². The number of aryl methyl sites for hydroxylation is 2. The summed E-state index contributed by atoms with van der Waals surface area (Å²) in [6.07, 6.45) is -4.37. The second-order valence-electron chi connectivity index (χ2n) is 7.38. The van der Waals surface area contributed by atoms with Crippen LogP contribution < -0.4 is 4.74 Å². The molecule has 0 saturated carbocycles. The van der Waals surface area contributed by atoms with E-state index in [2.05, 4.69) is 4.98 Å². The Kier molecular flexibility index (Phi) is 5.68. The Labute approximate surface area is 185 Å². The summed E-state index contributed by atoms with van der Waals surface area (Å²) in [5, 5.41) is 10.6. The summed E-state index contributed by atoms with van der Waals surface area (Å²) < 4.78 is 46.0. The summed E-state index contributed by atoms with van der Waals surface area (Å²) in [5.74, 6) is -0.274. The fourth-order valence-corrected chi connectivity index (χ4v) is 4.44. The van der Waals surface area contributed by atoms with Crippen LogP contribution in [0, 0.1) is 13.8 Å². The molecule has 0 aliphatic rings. The minimum Gasteiger partial charge on any atom is -0.488 e. The van der Waals surface area contributed by atoms with E-state index < -0.39 is 17.7 Å². The highest BCUT2D eigenvalue weighted by molar-refractivity contribution is 7.15. The second-order valence-corrected chi connectivity index (χ2v) is 8.46. The molecule has 0 amide bonds. The third-order valence-corrected chi connectivity index (χ3v) is 6.28. The van der Waals surface area contributed by atoms with Crippen LogP contribution in [0.4, 0.5) is 13.2 Å². The van der Waals surface area contributed by atoms with E-state index >= 15 is 0 Å². The Morgan fingerprint density at radius 1 is 1.12 bits per heavy atom. The zero-order valence-electron chi connectivity index (χ0n) is 17.2. The molecular weight excluding hydrogens is 441 g/mol. The van der Waals surface area contributed by atoms with E-state index in [1.807, 2.05) is 32.0 Å². The van der Waals surface area contributed by atoms with Crippen molar-refractivity contribution >= 4 is 28.2 Å². The van der Waals surface area contributed by atoms with Crippen LogP contribution >= 0.6 is 11.3 Å². The number of carbonyl (C=O) groups is 1. The number of halogens is 3. The van der Waals surface area contributed by atoms with Gasteiger partial charge in [0.15, 0.2) is 0 Å². The lowest BCUT2D eigenvalue weighted by Crippen LogP contribution is -2.09. The molecule has 0 unspecified atom stereocenters. The van der Waals surface area contributed by atoms with Crippen molar-refractivity contribution in [2.75, 3.05) is 0 Å². The predicted molar refractivity (Wildman–Crippen MR) is 116 cm³/mol. The molecule has 2 heterocycles. The first-order valence-corrected chi connectivity index (χ1v) is 10.5. The number of aliphatic carboxylic acids is 1. The number of rotatable bonds is 6. The van der Waals surface area contributed by atoms with Gasteiger partial charge < -0.3 is 14.4 Å². The number of aromatic nitrogens is 2. The molecule has 4 rings (SSSR count). The SMILES string of the molecule is Cc1nc(-c2ccc(C(F)(F)F)cc2)sc1COc1ccc2c(c1)cc(C)n2CC(=O)O. The molecule has 0 saturated heterocycles. The third kappa shape index (κ3) is 4.47. The van der Waals surface area contributed by atoms with Crippen LogP contribution in [0.2, 0.25) is 0 Å². The van der Waals surface area contributed by atoms with Crippen LogP contribution in [0.5, 0.6) is 5.75 Å². The van der Waals surface area contributed by atoms with Gasteiger partial charge in [0.25, 0.3) is 0 Å². The van der Waals surface area contributed by atoms with Crippen molar-refractivity contribution in [3.63, 3.8) is 0 Å². The van der Waals surface area contributed by atoms with E-state index in [4.69, 9.17) is 9.84 Å². The molecule has 0 atom stereocenters. The third-order valence-electron chi connectivity index (χ3n) is 5.10. The number of hydrogen-bond acceptors (Lipinski definition) is 4. The first kappa shape index (κ1) is 21.9. The maximum absolute atomic E-state index is 12.8. The lowest BCUT2D eigenvalue weighted by Gasteiger charge is -2.07. The molecule has 0 aliphatic carbocycles. The monoisotopic (exact) mass is 460 g/mol. The van der Waals surface area contributed by atoms with Crippen molar-refractivity contribution < 1.29 is 27.8 Å². The molecule has 4 aromatic rings. The van der Waals surface area contributed by atoms with Crippen LogP contribution in [-0.4, -0.2) is 20.6 Å². The number of nitrogens with zero attached hydrogens (tertiary/aromatic N) is 2. The largest absolute Gasteiger partial charge is 0.488 e. The molecule has 0 radical (unpaired) electrons. The molecule has 9 heteroatoms. The minimum absolute atomic E-state index is 0.109.